The van der Waals surface area contributed by atoms with Gasteiger partial charge < -0.3 is 4.74 Å². The summed E-state index contributed by atoms with van der Waals surface area (Å²) in [7, 11) is -1.62. The fraction of sp³-hybridized carbons (Fsp3) is 0.278. The lowest BCUT2D eigenvalue weighted by molar-refractivity contribution is -0.110. The zero-order chi connectivity index (χ0) is 17.9. The molecule has 1 aliphatic carbocycles. The Morgan fingerprint density at radius 1 is 1.12 bits per heavy atom. The topological polar surface area (TPSA) is 72.8 Å². The van der Waals surface area contributed by atoms with Gasteiger partial charge >= 0.3 is 6.09 Å². The number of hydrogen-bond donors (Lipinski definition) is 0. The van der Waals surface area contributed by atoms with E-state index in [1.165, 1.54) is 18.2 Å². The van der Waals surface area contributed by atoms with Crippen LogP contribution in [-0.2, 0) is 20.3 Å². The number of allylic oxidation sites excluding steroid dienone is 4. The second-order valence-electron chi connectivity index (χ2n) is 6.30. The minimum atomic E-state index is -1.62. The van der Waals surface area contributed by atoms with E-state index in [2.05, 4.69) is 4.99 Å². The van der Waals surface area contributed by atoms with Gasteiger partial charge in [-0.25, -0.2) is 9.00 Å². The number of amides is 1. The van der Waals surface area contributed by atoms with Crippen molar-refractivity contribution in [1.82, 2.24) is 0 Å². The summed E-state index contributed by atoms with van der Waals surface area (Å²) in [5, 5.41) is 0. The van der Waals surface area contributed by atoms with Crippen LogP contribution in [0.2, 0.25) is 0 Å². The summed E-state index contributed by atoms with van der Waals surface area (Å²) in [5.41, 5.74) is 0.518. The van der Waals surface area contributed by atoms with E-state index < -0.39 is 22.5 Å². The van der Waals surface area contributed by atoms with Crippen LogP contribution >= 0.6 is 0 Å². The number of aryl methyl sites for hydroxylation is 1. The molecule has 1 aromatic rings. The molecule has 0 saturated heterocycles. The minimum Gasteiger partial charge on any atom is -0.442 e. The fourth-order valence-electron chi connectivity index (χ4n) is 1.91. The quantitative estimate of drug-likeness (QED) is 0.769. The van der Waals surface area contributed by atoms with Crippen molar-refractivity contribution in [1.29, 1.82) is 0 Å². The van der Waals surface area contributed by atoms with Gasteiger partial charge in [0.2, 0.25) is 0 Å². The standard InChI is InChI=1S/C18H19NO4S/c1-12-5-8-14(9-6-12)24(22)16-11-13(20)7-10-15(16)19-17(21)23-18(2,3)4/h5-11H,1-4H3/b19-15+. The van der Waals surface area contributed by atoms with Gasteiger partial charge in [-0.15, -0.1) is 0 Å². The van der Waals surface area contributed by atoms with Gasteiger partial charge in [0.25, 0.3) is 0 Å². The molecule has 6 heteroatoms. The molecule has 24 heavy (non-hydrogen) atoms. The maximum atomic E-state index is 12.8. The van der Waals surface area contributed by atoms with Crippen molar-refractivity contribution in [2.75, 3.05) is 0 Å². The van der Waals surface area contributed by atoms with Gasteiger partial charge in [0.1, 0.15) is 5.60 Å². The van der Waals surface area contributed by atoms with Crippen molar-refractivity contribution in [3.63, 3.8) is 0 Å². The van der Waals surface area contributed by atoms with Crippen molar-refractivity contribution in [3.8, 4) is 0 Å². The molecule has 1 aromatic carbocycles. The molecule has 0 fully saturated rings. The van der Waals surface area contributed by atoms with Gasteiger partial charge in [-0.2, -0.15) is 4.99 Å². The highest BCUT2D eigenvalue weighted by atomic mass is 32.2. The Labute approximate surface area is 143 Å². The number of ether oxygens (including phenoxy) is 1. The van der Waals surface area contributed by atoms with E-state index in [-0.39, 0.29) is 16.4 Å². The highest BCUT2D eigenvalue weighted by Gasteiger charge is 2.22. The lowest BCUT2D eigenvalue weighted by Gasteiger charge is -2.18. The number of hydrogen-bond acceptors (Lipinski definition) is 4. The van der Waals surface area contributed by atoms with E-state index in [1.807, 2.05) is 19.1 Å². The third kappa shape index (κ3) is 4.83. The van der Waals surface area contributed by atoms with Crippen LogP contribution in [0.25, 0.3) is 0 Å². The van der Waals surface area contributed by atoms with Gasteiger partial charge in [-0.05, 0) is 52.0 Å². The van der Waals surface area contributed by atoms with Crippen molar-refractivity contribution in [3.05, 3.63) is 53.0 Å². The number of carbonyl (C=O) groups excluding carboxylic acids is 2. The van der Waals surface area contributed by atoms with E-state index in [1.54, 1.807) is 32.9 Å². The van der Waals surface area contributed by atoms with Crippen LogP contribution in [0.1, 0.15) is 26.3 Å². The van der Waals surface area contributed by atoms with Crippen LogP contribution in [-0.4, -0.2) is 27.4 Å². The summed E-state index contributed by atoms with van der Waals surface area (Å²) in [6.45, 7) is 7.11. The van der Waals surface area contributed by atoms with E-state index in [4.69, 9.17) is 4.74 Å². The second-order valence-corrected chi connectivity index (χ2v) is 7.75. The number of benzene rings is 1. The average Bonchev–Trinajstić information content (AvgIpc) is 2.47. The molecule has 1 unspecified atom stereocenters. The molecule has 0 aliphatic heterocycles. The molecular weight excluding hydrogens is 326 g/mol. The van der Waals surface area contributed by atoms with Gasteiger partial charge in [-0.1, -0.05) is 17.7 Å². The molecule has 1 amide bonds. The molecule has 0 aromatic heterocycles. The Hall–Kier alpha value is -2.34. The largest absolute Gasteiger partial charge is 0.442 e. The zero-order valence-electron chi connectivity index (χ0n) is 14.0. The summed E-state index contributed by atoms with van der Waals surface area (Å²) in [6, 6.07) is 7.11. The first kappa shape index (κ1) is 18.0. The number of ketones is 1. The van der Waals surface area contributed by atoms with Gasteiger partial charge in [-0.3, -0.25) is 4.79 Å². The van der Waals surface area contributed by atoms with E-state index >= 15 is 0 Å². The number of nitrogens with zero attached hydrogens (tertiary/aromatic N) is 1. The zero-order valence-corrected chi connectivity index (χ0v) is 14.8. The molecular formula is C18H19NO4S. The summed E-state index contributed by atoms with van der Waals surface area (Å²) < 4.78 is 17.9. The highest BCUT2D eigenvalue weighted by molar-refractivity contribution is 7.90. The van der Waals surface area contributed by atoms with Crippen molar-refractivity contribution >= 4 is 28.4 Å². The highest BCUT2D eigenvalue weighted by Crippen LogP contribution is 2.20. The smallest absolute Gasteiger partial charge is 0.434 e. The first-order chi connectivity index (χ1) is 11.2. The third-order valence-electron chi connectivity index (χ3n) is 2.97. The summed E-state index contributed by atoms with van der Waals surface area (Å²) >= 11 is 0. The molecule has 0 saturated carbocycles. The predicted octanol–water partition coefficient (Wildman–Crippen LogP) is 3.50. The van der Waals surface area contributed by atoms with Crippen molar-refractivity contribution in [2.45, 2.75) is 38.2 Å². The minimum absolute atomic E-state index is 0.169. The third-order valence-corrected chi connectivity index (χ3v) is 4.40. The molecule has 126 valence electrons. The molecule has 5 nitrogen and oxygen atoms in total. The average molecular weight is 345 g/mol. The Kier molecular flexibility index (Phi) is 5.29. The van der Waals surface area contributed by atoms with Gasteiger partial charge in [0, 0.05) is 11.0 Å². The van der Waals surface area contributed by atoms with E-state index in [0.717, 1.165) is 5.56 Å². The van der Waals surface area contributed by atoms with Gasteiger partial charge in [0.05, 0.1) is 21.4 Å². The van der Waals surface area contributed by atoms with Crippen molar-refractivity contribution < 1.29 is 18.5 Å². The molecule has 0 spiro atoms. The van der Waals surface area contributed by atoms with Crippen LogP contribution in [0.4, 0.5) is 4.79 Å². The first-order valence-corrected chi connectivity index (χ1v) is 8.55. The van der Waals surface area contributed by atoms with Crippen LogP contribution in [0, 0.1) is 6.92 Å². The maximum Gasteiger partial charge on any atom is 0.434 e. The number of rotatable bonds is 2. The van der Waals surface area contributed by atoms with Gasteiger partial charge in [0.15, 0.2) is 5.78 Å². The molecule has 0 N–H and O–H groups in total. The van der Waals surface area contributed by atoms with E-state index in [9.17, 15) is 13.8 Å². The first-order valence-electron chi connectivity index (χ1n) is 7.40. The summed E-state index contributed by atoms with van der Waals surface area (Å²) in [4.78, 5) is 28.1. The number of aliphatic imine (C=N–C) groups is 1. The fourth-order valence-corrected chi connectivity index (χ4v) is 3.07. The molecule has 1 aliphatic rings. The lowest BCUT2D eigenvalue weighted by Crippen LogP contribution is -2.23. The molecule has 0 radical (unpaired) electrons. The Morgan fingerprint density at radius 2 is 1.75 bits per heavy atom. The SMILES string of the molecule is Cc1ccc(S(=O)C2=CC(=O)C=C/C2=N\C(=O)OC(C)(C)C)cc1. The van der Waals surface area contributed by atoms with Crippen molar-refractivity contribution in [2.24, 2.45) is 4.99 Å². The second kappa shape index (κ2) is 7.05. The Bertz CT molecular complexity index is 780. The lowest BCUT2D eigenvalue weighted by atomic mass is 10.1. The summed E-state index contributed by atoms with van der Waals surface area (Å²) in [5.74, 6) is -0.298. The van der Waals surface area contributed by atoms with Crippen LogP contribution < -0.4 is 0 Å². The predicted molar refractivity (Wildman–Crippen MR) is 93.5 cm³/mol. The summed E-state index contributed by atoms with van der Waals surface area (Å²) in [6.07, 6.45) is 3.11. The maximum absolute atomic E-state index is 12.8. The molecule has 2 rings (SSSR count). The molecule has 0 heterocycles. The number of carbonyl (C=O) groups is 2. The Morgan fingerprint density at radius 3 is 2.33 bits per heavy atom. The van der Waals surface area contributed by atoms with Crippen LogP contribution in [0.5, 0.6) is 0 Å². The van der Waals surface area contributed by atoms with Crippen LogP contribution in [0.3, 0.4) is 0 Å². The molecule has 1 atom stereocenters. The molecule has 0 bridgehead atoms. The van der Waals surface area contributed by atoms with E-state index in [0.29, 0.717) is 4.90 Å². The normalized spacial score (nSPS) is 17.6. The monoisotopic (exact) mass is 345 g/mol. The Balaban J connectivity index is 2.34. The van der Waals surface area contributed by atoms with Crippen LogP contribution in [0.15, 0.2) is 57.3 Å².